The summed E-state index contributed by atoms with van der Waals surface area (Å²) in [6, 6.07) is 4.23. The van der Waals surface area contributed by atoms with Crippen molar-refractivity contribution in [1.82, 2.24) is 4.90 Å². The Kier molecular flexibility index (Phi) is 6.14. The Hall–Kier alpha value is -1.71. The van der Waals surface area contributed by atoms with Gasteiger partial charge < -0.3 is 14.4 Å². The molecule has 0 saturated heterocycles. The van der Waals surface area contributed by atoms with Crippen LogP contribution in [0.25, 0.3) is 0 Å². The molecule has 134 valence electrons. The molecule has 2 rings (SSSR count). The van der Waals surface area contributed by atoms with Crippen LogP contribution in [0.4, 0.5) is 0 Å². The number of hydrogen-bond donors (Lipinski definition) is 0. The maximum atomic E-state index is 13.0. The van der Waals surface area contributed by atoms with E-state index in [0.717, 1.165) is 37.3 Å². The molecule has 1 aliphatic heterocycles. The summed E-state index contributed by atoms with van der Waals surface area (Å²) in [5, 5.41) is 0. The molecule has 1 heterocycles. The Morgan fingerprint density at radius 1 is 1.17 bits per heavy atom. The lowest BCUT2D eigenvalue weighted by Crippen LogP contribution is -2.44. The van der Waals surface area contributed by atoms with Crippen molar-refractivity contribution in [3.05, 3.63) is 23.3 Å². The normalized spacial score (nSPS) is 17.2. The SMILES string of the molecule is CCC(CC)C(=O)N1CCc2cc(OC)c(OC)cc2[C@@H]1C(C)C. The maximum absolute atomic E-state index is 13.0. The number of nitrogens with zero attached hydrogens (tertiary/aromatic N) is 1. The van der Waals surface area contributed by atoms with E-state index < -0.39 is 0 Å². The highest BCUT2D eigenvalue weighted by molar-refractivity contribution is 5.79. The average molecular weight is 333 g/mol. The highest BCUT2D eigenvalue weighted by Gasteiger charge is 2.35. The molecule has 24 heavy (non-hydrogen) atoms. The number of benzene rings is 1. The van der Waals surface area contributed by atoms with Gasteiger partial charge in [0.1, 0.15) is 0 Å². The Morgan fingerprint density at radius 2 is 1.75 bits per heavy atom. The van der Waals surface area contributed by atoms with Crippen molar-refractivity contribution < 1.29 is 14.3 Å². The first-order chi connectivity index (χ1) is 11.5. The fourth-order valence-electron chi connectivity index (χ4n) is 3.82. The van der Waals surface area contributed by atoms with Crippen LogP contribution >= 0.6 is 0 Å². The van der Waals surface area contributed by atoms with Gasteiger partial charge >= 0.3 is 0 Å². The van der Waals surface area contributed by atoms with Gasteiger partial charge in [-0.1, -0.05) is 27.7 Å². The molecule has 0 aromatic heterocycles. The fraction of sp³-hybridized carbons (Fsp3) is 0.650. The quantitative estimate of drug-likeness (QED) is 0.782. The van der Waals surface area contributed by atoms with Crippen LogP contribution in [0, 0.1) is 11.8 Å². The van der Waals surface area contributed by atoms with Gasteiger partial charge in [-0.3, -0.25) is 4.79 Å². The minimum Gasteiger partial charge on any atom is -0.493 e. The fourth-order valence-corrected chi connectivity index (χ4v) is 3.82. The van der Waals surface area contributed by atoms with Crippen molar-refractivity contribution in [3.63, 3.8) is 0 Å². The summed E-state index contributed by atoms with van der Waals surface area (Å²) in [7, 11) is 3.32. The van der Waals surface area contributed by atoms with Gasteiger partial charge in [-0.2, -0.15) is 0 Å². The molecular formula is C20H31NO3. The third kappa shape index (κ3) is 3.38. The summed E-state index contributed by atoms with van der Waals surface area (Å²) in [6.45, 7) is 9.35. The molecule has 1 aliphatic rings. The van der Waals surface area contributed by atoms with E-state index in [4.69, 9.17) is 9.47 Å². The summed E-state index contributed by atoms with van der Waals surface area (Å²) in [4.78, 5) is 15.1. The lowest BCUT2D eigenvalue weighted by Gasteiger charge is -2.41. The molecule has 1 aromatic rings. The molecule has 0 unspecified atom stereocenters. The molecule has 0 bridgehead atoms. The standard InChI is InChI=1S/C20H31NO3/c1-7-14(8-2)20(22)21-10-9-15-11-17(23-5)18(24-6)12-16(15)19(21)13(3)4/h11-14,19H,7-10H2,1-6H3/t19-/m0/s1. The zero-order valence-corrected chi connectivity index (χ0v) is 15.9. The minimum atomic E-state index is 0.0988. The van der Waals surface area contributed by atoms with E-state index in [1.165, 1.54) is 11.1 Å². The van der Waals surface area contributed by atoms with Crippen LogP contribution < -0.4 is 9.47 Å². The number of hydrogen-bond acceptors (Lipinski definition) is 3. The van der Waals surface area contributed by atoms with Gasteiger partial charge in [0.25, 0.3) is 0 Å². The Morgan fingerprint density at radius 3 is 2.25 bits per heavy atom. The molecule has 1 aromatic carbocycles. The Bertz CT molecular complexity index is 578. The molecule has 4 nitrogen and oxygen atoms in total. The van der Waals surface area contributed by atoms with Crippen LogP contribution in [-0.2, 0) is 11.2 Å². The van der Waals surface area contributed by atoms with E-state index in [9.17, 15) is 4.79 Å². The predicted molar refractivity (Wildman–Crippen MR) is 96.6 cm³/mol. The van der Waals surface area contributed by atoms with Gasteiger partial charge in [0.15, 0.2) is 11.5 Å². The second-order valence-electron chi connectivity index (χ2n) is 6.89. The number of fused-ring (bicyclic) bond motifs is 1. The molecule has 4 heteroatoms. The van der Waals surface area contributed by atoms with Gasteiger partial charge in [0, 0.05) is 12.5 Å². The van der Waals surface area contributed by atoms with Crippen LogP contribution in [0.5, 0.6) is 11.5 Å². The lowest BCUT2D eigenvalue weighted by atomic mass is 9.84. The molecule has 0 N–H and O–H groups in total. The van der Waals surface area contributed by atoms with Gasteiger partial charge in [-0.15, -0.1) is 0 Å². The first-order valence-corrected chi connectivity index (χ1v) is 9.03. The Labute approximate surface area is 146 Å². The van der Waals surface area contributed by atoms with Crippen LogP contribution in [0.3, 0.4) is 0 Å². The van der Waals surface area contributed by atoms with Gasteiger partial charge in [0.2, 0.25) is 5.91 Å². The highest BCUT2D eigenvalue weighted by atomic mass is 16.5. The van der Waals surface area contributed by atoms with Gasteiger partial charge in [-0.25, -0.2) is 0 Å². The molecule has 0 fully saturated rings. The minimum absolute atomic E-state index is 0.0988. The van der Waals surface area contributed by atoms with Crippen molar-refractivity contribution in [2.75, 3.05) is 20.8 Å². The summed E-state index contributed by atoms with van der Waals surface area (Å²) >= 11 is 0. The van der Waals surface area contributed by atoms with Crippen molar-refractivity contribution in [2.45, 2.75) is 53.0 Å². The summed E-state index contributed by atoms with van der Waals surface area (Å²) in [5.41, 5.74) is 2.47. The molecule has 0 saturated carbocycles. The van der Waals surface area contributed by atoms with Crippen LogP contribution in [0.15, 0.2) is 12.1 Å². The zero-order chi connectivity index (χ0) is 17.9. The number of carbonyl (C=O) groups is 1. The average Bonchev–Trinajstić information content (AvgIpc) is 2.59. The zero-order valence-electron chi connectivity index (χ0n) is 15.9. The second kappa shape index (κ2) is 7.91. The van der Waals surface area contributed by atoms with Crippen LogP contribution in [-0.4, -0.2) is 31.6 Å². The van der Waals surface area contributed by atoms with Crippen molar-refractivity contribution in [2.24, 2.45) is 11.8 Å². The summed E-state index contributed by atoms with van der Waals surface area (Å²) in [6.07, 6.45) is 2.66. The van der Waals surface area contributed by atoms with Crippen molar-refractivity contribution in [3.8, 4) is 11.5 Å². The molecule has 0 spiro atoms. The first kappa shape index (κ1) is 18.6. The Balaban J connectivity index is 2.46. The van der Waals surface area contributed by atoms with E-state index in [2.05, 4.69) is 44.7 Å². The van der Waals surface area contributed by atoms with Crippen molar-refractivity contribution >= 4 is 5.91 Å². The lowest BCUT2D eigenvalue weighted by molar-refractivity contribution is -0.139. The summed E-state index contributed by atoms with van der Waals surface area (Å²) < 4.78 is 10.9. The third-order valence-corrected chi connectivity index (χ3v) is 5.17. The van der Waals surface area contributed by atoms with Gasteiger partial charge in [0.05, 0.1) is 20.3 Å². The molecule has 1 atom stereocenters. The number of methoxy groups -OCH3 is 2. The monoisotopic (exact) mass is 333 g/mol. The van der Waals surface area contributed by atoms with E-state index in [0.29, 0.717) is 11.8 Å². The maximum Gasteiger partial charge on any atom is 0.226 e. The topological polar surface area (TPSA) is 38.8 Å². The number of rotatable bonds is 6. The number of amides is 1. The van der Waals surface area contributed by atoms with Crippen molar-refractivity contribution in [1.29, 1.82) is 0 Å². The molecule has 0 radical (unpaired) electrons. The van der Waals surface area contributed by atoms with Crippen LogP contribution in [0.1, 0.15) is 57.7 Å². The number of carbonyl (C=O) groups excluding carboxylic acids is 1. The van der Waals surface area contributed by atoms with Gasteiger partial charge in [-0.05, 0) is 48.4 Å². The smallest absolute Gasteiger partial charge is 0.226 e. The van der Waals surface area contributed by atoms with E-state index in [-0.39, 0.29) is 12.0 Å². The molecule has 0 aliphatic carbocycles. The third-order valence-electron chi connectivity index (χ3n) is 5.17. The first-order valence-electron chi connectivity index (χ1n) is 9.03. The van der Waals surface area contributed by atoms with Crippen LogP contribution in [0.2, 0.25) is 0 Å². The van der Waals surface area contributed by atoms with E-state index >= 15 is 0 Å². The second-order valence-corrected chi connectivity index (χ2v) is 6.89. The summed E-state index contributed by atoms with van der Waals surface area (Å²) in [5.74, 6) is 2.25. The highest BCUT2D eigenvalue weighted by Crippen LogP contribution is 2.41. The molecular weight excluding hydrogens is 302 g/mol. The predicted octanol–water partition coefficient (Wildman–Crippen LogP) is 4.22. The van der Waals surface area contributed by atoms with E-state index in [1.807, 2.05) is 0 Å². The molecule has 1 amide bonds. The van der Waals surface area contributed by atoms with E-state index in [1.54, 1.807) is 14.2 Å². The largest absolute Gasteiger partial charge is 0.493 e. The number of ether oxygens (including phenoxy) is 2.